The number of hydrogen-bond acceptors (Lipinski definition) is 5. The Morgan fingerprint density at radius 2 is 1.77 bits per heavy atom. The molecule has 1 saturated heterocycles. The molecule has 35 heavy (non-hydrogen) atoms. The number of carbonyl (C=O) groups excluding carboxylic acids is 3. The number of methoxy groups -OCH3 is 1. The summed E-state index contributed by atoms with van der Waals surface area (Å²) in [5.41, 5.74) is 2.33. The van der Waals surface area contributed by atoms with E-state index in [1.807, 2.05) is 19.1 Å². The van der Waals surface area contributed by atoms with Crippen molar-refractivity contribution >= 4 is 57.1 Å². The van der Waals surface area contributed by atoms with Crippen LogP contribution in [0, 0.1) is 6.92 Å². The first-order valence-electron chi connectivity index (χ1n) is 10.5. The van der Waals surface area contributed by atoms with Gasteiger partial charge in [0.25, 0.3) is 11.8 Å². The number of imide groups is 2. The van der Waals surface area contributed by atoms with Gasteiger partial charge < -0.3 is 9.47 Å². The average Bonchev–Trinajstić information content (AvgIpc) is 2.84. The van der Waals surface area contributed by atoms with Crippen LogP contribution in [-0.4, -0.2) is 25.0 Å². The number of barbiturate groups is 1. The Labute approximate surface area is 215 Å². The van der Waals surface area contributed by atoms with E-state index in [1.54, 1.807) is 48.5 Å². The molecule has 9 heteroatoms. The summed E-state index contributed by atoms with van der Waals surface area (Å²) in [4.78, 5) is 39.4. The van der Waals surface area contributed by atoms with Gasteiger partial charge in [0, 0.05) is 21.1 Å². The fraction of sp³-hybridized carbons (Fsp3) is 0.115. The van der Waals surface area contributed by atoms with Crippen LogP contribution in [0.1, 0.15) is 16.7 Å². The van der Waals surface area contributed by atoms with Crippen LogP contribution in [0.2, 0.25) is 5.02 Å². The van der Waals surface area contributed by atoms with Crippen LogP contribution >= 0.6 is 27.5 Å². The minimum absolute atomic E-state index is 0.202. The number of hydrogen-bond donors (Lipinski definition) is 1. The number of amides is 4. The third-order valence-electron chi connectivity index (χ3n) is 5.33. The number of carbonyl (C=O) groups is 3. The molecule has 0 aliphatic carbocycles. The first-order chi connectivity index (χ1) is 16.8. The predicted octanol–water partition coefficient (Wildman–Crippen LogP) is 5.66. The molecule has 0 aromatic heterocycles. The molecule has 1 aliphatic rings. The van der Waals surface area contributed by atoms with Crippen LogP contribution in [0.15, 0.2) is 70.7 Å². The van der Waals surface area contributed by atoms with Gasteiger partial charge in [0.05, 0.1) is 12.8 Å². The molecule has 1 heterocycles. The third-order valence-corrected chi connectivity index (χ3v) is 6.47. The predicted molar refractivity (Wildman–Crippen MR) is 137 cm³/mol. The van der Waals surface area contributed by atoms with Crippen molar-refractivity contribution in [2.75, 3.05) is 12.0 Å². The molecule has 1 fully saturated rings. The number of urea groups is 1. The average molecular weight is 556 g/mol. The standard InChI is InChI=1S/C26H20BrClN2O5/c1-15-11-19(8-10-22(15)27)30-25(32)21(24(31)29-26(30)33)12-17-5-9-20(34-2)13-23(17)35-14-16-3-6-18(28)7-4-16/h3-13H,14H2,1-2H3,(H,29,31,33)/b21-12-. The lowest BCUT2D eigenvalue weighted by Crippen LogP contribution is -2.54. The molecule has 4 amide bonds. The van der Waals surface area contributed by atoms with E-state index < -0.39 is 17.8 Å². The van der Waals surface area contributed by atoms with E-state index in [2.05, 4.69) is 21.2 Å². The van der Waals surface area contributed by atoms with E-state index in [4.69, 9.17) is 21.1 Å². The summed E-state index contributed by atoms with van der Waals surface area (Å²) in [5.74, 6) is -0.584. The Hall–Kier alpha value is -3.62. The van der Waals surface area contributed by atoms with Gasteiger partial charge in [-0.25, -0.2) is 9.69 Å². The third kappa shape index (κ3) is 5.39. The smallest absolute Gasteiger partial charge is 0.335 e. The summed E-state index contributed by atoms with van der Waals surface area (Å²) in [6, 6.07) is 16.4. The second kappa shape index (κ2) is 10.3. The van der Waals surface area contributed by atoms with Crippen LogP contribution in [0.3, 0.4) is 0 Å². The Morgan fingerprint density at radius 3 is 2.46 bits per heavy atom. The van der Waals surface area contributed by atoms with Gasteiger partial charge >= 0.3 is 6.03 Å². The summed E-state index contributed by atoms with van der Waals surface area (Å²) in [6.07, 6.45) is 1.40. The minimum Gasteiger partial charge on any atom is -0.497 e. The number of nitrogens with one attached hydrogen (secondary N) is 1. The maximum absolute atomic E-state index is 13.3. The van der Waals surface area contributed by atoms with E-state index in [0.717, 1.165) is 20.5 Å². The van der Waals surface area contributed by atoms with Gasteiger partial charge in [0.2, 0.25) is 0 Å². The molecule has 0 unspecified atom stereocenters. The number of benzene rings is 3. The molecule has 0 atom stereocenters. The van der Waals surface area contributed by atoms with Crippen molar-refractivity contribution in [3.05, 3.63) is 92.4 Å². The summed E-state index contributed by atoms with van der Waals surface area (Å²) < 4.78 is 12.1. The van der Waals surface area contributed by atoms with E-state index >= 15 is 0 Å². The van der Waals surface area contributed by atoms with Crippen molar-refractivity contribution in [1.82, 2.24) is 5.32 Å². The van der Waals surface area contributed by atoms with Gasteiger partial charge in [-0.2, -0.15) is 0 Å². The van der Waals surface area contributed by atoms with Gasteiger partial charge in [-0.05, 0) is 66.6 Å². The van der Waals surface area contributed by atoms with E-state index in [0.29, 0.717) is 27.8 Å². The number of ether oxygens (including phenoxy) is 2. The van der Waals surface area contributed by atoms with Gasteiger partial charge in [-0.3, -0.25) is 14.9 Å². The lowest BCUT2D eigenvalue weighted by molar-refractivity contribution is -0.122. The van der Waals surface area contributed by atoms with E-state index in [9.17, 15) is 14.4 Å². The summed E-state index contributed by atoms with van der Waals surface area (Å²) in [5, 5.41) is 2.85. The van der Waals surface area contributed by atoms with Crippen molar-refractivity contribution in [3.8, 4) is 11.5 Å². The maximum Gasteiger partial charge on any atom is 0.335 e. The van der Waals surface area contributed by atoms with Gasteiger partial charge in [0.1, 0.15) is 23.7 Å². The lowest BCUT2D eigenvalue weighted by atomic mass is 10.1. The molecule has 0 saturated carbocycles. The van der Waals surface area contributed by atoms with Crippen LogP contribution in [0.4, 0.5) is 10.5 Å². The number of nitrogens with zero attached hydrogens (tertiary/aromatic N) is 1. The minimum atomic E-state index is -0.812. The van der Waals surface area contributed by atoms with Gasteiger partial charge in [-0.1, -0.05) is 39.7 Å². The van der Waals surface area contributed by atoms with Crippen molar-refractivity contribution in [2.24, 2.45) is 0 Å². The molecule has 0 spiro atoms. The first-order valence-corrected chi connectivity index (χ1v) is 11.7. The molecule has 7 nitrogen and oxygen atoms in total. The van der Waals surface area contributed by atoms with Crippen molar-refractivity contribution < 1.29 is 23.9 Å². The number of rotatable bonds is 6. The molecule has 3 aromatic carbocycles. The number of anilines is 1. The molecule has 0 radical (unpaired) electrons. The highest BCUT2D eigenvalue weighted by Gasteiger charge is 2.37. The molecule has 178 valence electrons. The highest BCUT2D eigenvalue weighted by atomic mass is 79.9. The largest absolute Gasteiger partial charge is 0.497 e. The number of halogens is 2. The van der Waals surface area contributed by atoms with Crippen molar-refractivity contribution in [3.63, 3.8) is 0 Å². The maximum atomic E-state index is 13.3. The Kier molecular flexibility index (Phi) is 7.23. The Balaban J connectivity index is 1.68. The molecule has 3 aromatic rings. The Bertz CT molecular complexity index is 1350. The van der Waals surface area contributed by atoms with Crippen LogP contribution in [0.5, 0.6) is 11.5 Å². The molecular formula is C26H20BrClN2O5. The van der Waals surface area contributed by atoms with Crippen molar-refractivity contribution in [2.45, 2.75) is 13.5 Å². The Morgan fingerprint density at radius 1 is 1.03 bits per heavy atom. The second-order valence-corrected chi connectivity index (χ2v) is 9.00. The molecule has 0 bridgehead atoms. The van der Waals surface area contributed by atoms with E-state index in [1.165, 1.54) is 13.2 Å². The quantitative estimate of drug-likeness (QED) is 0.313. The normalized spacial score (nSPS) is 14.8. The van der Waals surface area contributed by atoms with Crippen LogP contribution < -0.4 is 19.7 Å². The van der Waals surface area contributed by atoms with Crippen LogP contribution in [0.25, 0.3) is 6.08 Å². The number of aryl methyl sites for hydroxylation is 1. The van der Waals surface area contributed by atoms with Crippen LogP contribution in [-0.2, 0) is 16.2 Å². The zero-order valence-corrected chi connectivity index (χ0v) is 21.1. The first kappa shape index (κ1) is 24.5. The zero-order chi connectivity index (χ0) is 25.1. The topological polar surface area (TPSA) is 84.9 Å². The SMILES string of the molecule is COc1ccc(/C=C2/C(=O)NC(=O)N(c3ccc(Br)c(C)c3)C2=O)c(OCc2ccc(Cl)cc2)c1. The summed E-state index contributed by atoms with van der Waals surface area (Å²) in [7, 11) is 1.53. The fourth-order valence-corrected chi connectivity index (χ4v) is 3.82. The molecule has 1 aliphatic heterocycles. The molecule has 4 rings (SSSR count). The summed E-state index contributed by atoms with van der Waals surface area (Å²) >= 11 is 9.35. The van der Waals surface area contributed by atoms with E-state index in [-0.39, 0.29) is 12.2 Å². The molecular weight excluding hydrogens is 536 g/mol. The van der Waals surface area contributed by atoms with Crippen molar-refractivity contribution in [1.29, 1.82) is 0 Å². The van der Waals surface area contributed by atoms with Gasteiger partial charge in [-0.15, -0.1) is 0 Å². The fourth-order valence-electron chi connectivity index (χ4n) is 3.44. The summed E-state index contributed by atoms with van der Waals surface area (Å²) in [6.45, 7) is 2.06. The monoisotopic (exact) mass is 554 g/mol. The second-order valence-electron chi connectivity index (χ2n) is 7.71. The zero-order valence-electron chi connectivity index (χ0n) is 18.8. The lowest BCUT2D eigenvalue weighted by Gasteiger charge is -2.27. The highest BCUT2D eigenvalue weighted by Crippen LogP contribution is 2.30. The molecule has 1 N–H and O–H groups in total. The van der Waals surface area contributed by atoms with Gasteiger partial charge in [0.15, 0.2) is 0 Å². The highest BCUT2D eigenvalue weighted by molar-refractivity contribution is 9.10.